The molecular formula is C46H18N2O4S. The van der Waals surface area contributed by atoms with E-state index in [0.717, 1.165) is 16.2 Å². The van der Waals surface area contributed by atoms with Crippen LogP contribution in [-0.2, 0) is 27.3 Å². The van der Waals surface area contributed by atoms with Gasteiger partial charge in [0.05, 0.1) is 12.2 Å². The monoisotopic (exact) mass is 694 g/mol. The first-order chi connectivity index (χ1) is 26.0. The van der Waals surface area contributed by atoms with Gasteiger partial charge in [-0.1, -0.05) is 11.8 Å². The summed E-state index contributed by atoms with van der Waals surface area (Å²) >= 11 is 1.08. The molecule has 6 nitrogen and oxygen atoms in total. The quantitative estimate of drug-likeness (QED) is 0.384. The average molecular weight is 695 g/mol. The first kappa shape index (κ1) is 40.4. The fourth-order valence-electron chi connectivity index (χ4n) is 3.32. The summed E-state index contributed by atoms with van der Waals surface area (Å²) in [5.74, 6) is 76.3. The van der Waals surface area contributed by atoms with E-state index in [1.807, 2.05) is 0 Å². The van der Waals surface area contributed by atoms with Crippen molar-refractivity contribution >= 4 is 34.1 Å². The Bertz CT molecular complexity index is 2610. The van der Waals surface area contributed by atoms with Gasteiger partial charge in [-0.3, -0.25) is 9.59 Å². The van der Waals surface area contributed by atoms with Crippen molar-refractivity contribution in [2.45, 2.75) is 33.7 Å². The van der Waals surface area contributed by atoms with Crippen molar-refractivity contribution in [3.8, 4) is 189 Å². The number of ether oxygens (including phenoxy) is 1. The molecule has 53 heavy (non-hydrogen) atoms. The summed E-state index contributed by atoms with van der Waals surface area (Å²) in [7, 11) is 0. The Morgan fingerprint density at radius 1 is 0.585 bits per heavy atom. The van der Waals surface area contributed by atoms with Gasteiger partial charge >= 0.3 is 17.8 Å². The third-order valence-corrected chi connectivity index (χ3v) is 6.43. The van der Waals surface area contributed by atoms with Gasteiger partial charge in [0.2, 0.25) is 0 Å². The Balaban J connectivity index is 2.34. The molecule has 0 saturated heterocycles. The van der Waals surface area contributed by atoms with Crippen molar-refractivity contribution in [1.29, 1.82) is 0 Å². The predicted octanol–water partition coefficient (Wildman–Crippen LogP) is 1.52. The molecule has 0 aromatic carbocycles. The van der Waals surface area contributed by atoms with Gasteiger partial charge in [0.25, 0.3) is 0 Å². The minimum atomic E-state index is -0.984. The maximum Gasteiger partial charge on any atom is 0.341 e. The van der Waals surface area contributed by atoms with E-state index in [1.165, 1.54) is 0 Å². The van der Waals surface area contributed by atoms with E-state index in [1.54, 1.807) is 20.8 Å². The number of hydrogen-bond acceptors (Lipinski definition) is 6. The molecule has 1 aliphatic heterocycles. The number of carbonyl (C=O) groups is 3. The van der Waals surface area contributed by atoms with Crippen LogP contribution in [0.15, 0.2) is 0 Å². The molecule has 7 heteroatoms. The minimum absolute atomic E-state index is 0.0294. The SMILES string of the molecule is CC#CC#CC#CC#CC#CC#CC#CC#CC(=O)N(C(=O)C#CC#CC#CC#CC#CC#CC#CC#CC)c1sc2c(c1C(=O)OCC)CCNC2. The topological polar surface area (TPSA) is 75.7 Å². The summed E-state index contributed by atoms with van der Waals surface area (Å²) in [6.45, 7) is 6.10. The first-order valence-corrected chi connectivity index (χ1v) is 15.6. The van der Waals surface area contributed by atoms with Crippen molar-refractivity contribution in [2.75, 3.05) is 18.1 Å². The van der Waals surface area contributed by atoms with Gasteiger partial charge in [-0.05, 0) is 205 Å². The second-order valence-corrected chi connectivity index (χ2v) is 9.61. The molecule has 0 aliphatic carbocycles. The van der Waals surface area contributed by atoms with Crippen molar-refractivity contribution in [1.82, 2.24) is 5.32 Å². The summed E-state index contributed by atoms with van der Waals surface area (Å²) < 4.78 is 5.26. The molecule has 0 saturated carbocycles. The van der Waals surface area contributed by atoms with Crippen LogP contribution in [-0.4, -0.2) is 30.9 Å². The Morgan fingerprint density at radius 3 is 1.30 bits per heavy atom. The standard InChI is InChI=1S/C46H18N2O4S/c1-4-7-9-11-13-15-17-19-21-23-25-27-29-31-33-35-42(49)48(45-44(46(51)52-6-3)40-37-38-47-39-41(40)53-45)43(50)36-34-32-30-28-26-24-22-20-18-16-14-12-10-8-5-2/h47H,6,37-39H2,1-3H3. The van der Waals surface area contributed by atoms with Crippen LogP contribution in [0.2, 0.25) is 0 Å². The number of carbonyl (C=O) groups excluding carboxylic acids is 3. The number of rotatable bonds is 3. The molecule has 2 heterocycles. The largest absolute Gasteiger partial charge is 0.462 e. The molecule has 0 spiro atoms. The van der Waals surface area contributed by atoms with E-state index in [9.17, 15) is 14.4 Å². The number of esters is 1. The van der Waals surface area contributed by atoms with Gasteiger partial charge in [-0.15, -0.1) is 11.3 Å². The van der Waals surface area contributed by atoms with Crippen LogP contribution >= 0.6 is 11.3 Å². The van der Waals surface area contributed by atoms with Crippen LogP contribution in [0.1, 0.15) is 41.6 Å². The molecule has 0 bridgehead atoms. The number of amides is 2. The zero-order chi connectivity index (χ0) is 38.2. The number of nitrogens with zero attached hydrogens (tertiary/aromatic N) is 1. The van der Waals surface area contributed by atoms with E-state index >= 15 is 0 Å². The second-order valence-electron chi connectivity index (χ2n) is 8.53. The Kier molecular flexibility index (Phi) is 20.0. The summed E-state index contributed by atoms with van der Waals surface area (Å²) in [5.41, 5.74) is 0.783. The van der Waals surface area contributed by atoms with E-state index in [-0.39, 0.29) is 17.2 Å². The Hall–Kier alpha value is -8.77. The summed E-state index contributed by atoms with van der Waals surface area (Å²) in [4.78, 5) is 41.3. The molecule has 0 fully saturated rings. The van der Waals surface area contributed by atoms with Gasteiger partial charge in [0.1, 0.15) is 5.00 Å². The Morgan fingerprint density at radius 2 is 0.943 bits per heavy atom. The Labute approximate surface area is 314 Å². The van der Waals surface area contributed by atoms with Crippen LogP contribution in [0.4, 0.5) is 5.00 Å². The molecule has 1 aromatic heterocycles. The summed E-state index contributed by atoms with van der Waals surface area (Å²) in [5, 5.41) is 3.24. The molecule has 2 rings (SSSR count). The average Bonchev–Trinajstić information content (AvgIpc) is 3.54. The highest BCUT2D eigenvalue weighted by molar-refractivity contribution is 7.17. The molecule has 1 aromatic rings. The zero-order valence-corrected chi connectivity index (χ0v) is 29.1. The van der Waals surface area contributed by atoms with Crippen molar-refractivity contribution in [3.63, 3.8) is 0 Å². The smallest absolute Gasteiger partial charge is 0.341 e. The van der Waals surface area contributed by atoms with E-state index in [2.05, 4.69) is 195 Å². The maximum absolute atomic E-state index is 13.4. The number of imide groups is 1. The van der Waals surface area contributed by atoms with E-state index in [0.29, 0.717) is 30.0 Å². The lowest BCUT2D eigenvalue weighted by Gasteiger charge is -2.16. The molecule has 2 amide bonds. The number of nitrogens with one attached hydrogen (secondary N) is 1. The number of fused-ring (bicyclic) bond motifs is 1. The summed E-state index contributed by atoms with van der Waals surface area (Å²) in [6.07, 6.45) is 0.484. The van der Waals surface area contributed by atoms with Crippen molar-refractivity contribution in [3.05, 3.63) is 16.0 Å². The molecular weight excluding hydrogens is 677 g/mol. The third-order valence-electron chi connectivity index (χ3n) is 5.21. The fraction of sp³-hybridized carbons (Fsp3) is 0.152. The van der Waals surface area contributed by atoms with Gasteiger partial charge in [0, 0.05) is 23.3 Å². The minimum Gasteiger partial charge on any atom is -0.462 e. The lowest BCUT2D eigenvalue weighted by Crippen LogP contribution is -2.36. The van der Waals surface area contributed by atoms with Crippen LogP contribution < -0.4 is 10.2 Å². The number of anilines is 1. The van der Waals surface area contributed by atoms with E-state index in [4.69, 9.17) is 4.74 Å². The van der Waals surface area contributed by atoms with Crippen LogP contribution in [0.25, 0.3) is 0 Å². The molecule has 0 atom stereocenters. The molecule has 0 radical (unpaired) electrons. The highest BCUT2D eigenvalue weighted by atomic mass is 32.1. The van der Waals surface area contributed by atoms with Crippen molar-refractivity contribution in [2.24, 2.45) is 0 Å². The summed E-state index contributed by atoms with van der Waals surface area (Å²) in [6, 6.07) is 0. The van der Waals surface area contributed by atoms with Gasteiger partial charge in [-0.25, -0.2) is 9.69 Å². The first-order valence-electron chi connectivity index (χ1n) is 14.8. The van der Waals surface area contributed by atoms with Gasteiger partial charge in [0.15, 0.2) is 0 Å². The molecule has 0 unspecified atom stereocenters. The second kappa shape index (κ2) is 26.2. The third kappa shape index (κ3) is 16.3. The zero-order valence-electron chi connectivity index (χ0n) is 28.3. The molecule has 1 aliphatic rings. The van der Waals surface area contributed by atoms with Crippen LogP contribution in [0.5, 0.6) is 0 Å². The van der Waals surface area contributed by atoms with E-state index < -0.39 is 17.8 Å². The van der Waals surface area contributed by atoms with Crippen molar-refractivity contribution < 1.29 is 19.1 Å². The number of hydrogen-bond donors (Lipinski definition) is 1. The number of thiophene rings is 1. The van der Waals surface area contributed by atoms with Crippen LogP contribution in [0, 0.1) is 189 Å². The highest BCUT2D eigenvalue weighted by Crippen LogP contribution is 2.38. The lowest BCUT2D eigenvalue weighted by molar-refractivity contribution is -0.120. The predicted molar refractivity (Wildman–Crippen MR) is 204 cm³/mol. The lowest BCUT2D eigenvalue weighted by atomic mass is 10.0. The van der Waals surface area contributed by atoms with Gasteiger partial charge < -0.3 is 10.1 Å². The van der Waals surface area contributed by atoms with Crippen LogP contribution in [0.3, 0.4) is 0 Å². The fourth-order valence-corrected chi connectivity index (χ4v) is 4.63. The molecule has 242 valence electrons. The maximum atomic E-state index is 13.4. The normalized spacial score (nSPS) is 7.75. The highest BCUT2D eigenvalue weighted by Gasteiger charge is 2.33. The van der Waals surface area contributed by atoms with Gasteiger partial charge in [-0.2, -0.15) is 0 Å². The molecule has 1 N–H and O–H groups in total.